The Morgan fingerprint density at radius 1 is 1.06 bits per heavy atom. The van der Waals surface area contributed by atoms with Gasteiger partial charge in [-0.2, -0.15) is 4.31 Å². The second-order valence-corrected chi connectivity index (χ2v) is 9.91. The van der Waals surface area contributed by atoms with Gasteiger partial charge in [-0.25, -0.2) is 8.42 Å². The van der Waals surface area contributed by atoms with Gasteiger partial charge in [-0.1, -0.05) is 12.5 Å². The topological polar surface area (TPSA) is 111 Å². The van der Waals surface area contributed by atoms with E-state index in [1.165, 1.54) is 42.6 Å². The largest absolute Gasteiger partial charge is 0.495 e. The highest BCUT2D eigenvalue weighted by Crippen LogP contribution is 2.37. The molecule has 0 aromatic heterocycles. The van der Waals surface area contributed by atoms with Crippen LogP contribution in [0.2, 0.25) is 0 Å². The van der Waals surface area contributed by atoms with Crippen molar-refractivity contribution in [2.75, 3.05) is 32.3 Å². The summed E-state index contributed by atoms with van der Waals surface area (Å²) in [7, 11) is -2.30. The Labute approximate surface area is 198 Å². The zero-order valence-electron chi connectivity index (χ0n) is 19.0. The molecule has 0 bridgehead atoms. The number of amides is 1. The molecule has 180 valence electrons. The van der Waals surface area contributed by atoms with Crippen molar-refractivity contribution < 1.29 is 32.2 Å². The highest BCUT2D eigenvalue weighted by atomic mass is 32.2. The zero-order valence-corrected chi connectivity index (χ0v) is 19.8. The van der Waals surface area contributed by atoms with Crippen LogP contribution in [-0.2, 0) is 14.8 Å². The number of sulfonamides is 1. The van der Waals surface area contributed by atoms with E-state index in [9.17, 15) is 18.0 Å². The first-order valence-corrected chi connectivity index (χ1v) is 12.4. The van der Waals surface area contributed by atoms with Crippen LogP contribution in [0.15, 0.2) is 41.3 Å². The lowest BCUT2D eigenvalue weighted by molar-refractivity contribution is -0.111. The Kier molecular flexibility index (Phi) is 6.90. The van der Waals surface area contributed by atoms with Gasteiger partial charge in [0.15, 0.2) is 17.3 Å². The van der Waals surface area contributed by atoms with Gasteiger partial charge in [-0.05, 0) is 49.6 Å². The number of methoxy groups -OCH3 is 1. The SMILES string of the molecule is COc1ccc(/C=C/C(=O)Nc2cc3c(cc2C(C)=O)OCO3)cc1S(=O)(=O)N1CCCCC1. The number of ketones is 1. The third-order valence-corrected chi connectivity index (χ3v) is 7.62. The Balaban J connectivity index is 1.56. The van der Waals surface area contributed by atoms with E-state index in [0.717, 1.165) is 19.3 Å². The summed E-state index contributed by atoms with van der Waals surface area (Å²) in [4.78, 5) is 24.7. The maximum atomic E-state index is 13.2. The van der Waals surface area contributed by atoms with Gasteiger partial charge >= 0.3 is 0 Å². The lowest BCUT2D eigenvalue weighted by Gasteiger charge is -2.26. The second-order valence-electron chi connectivity index (χ2n) is 8.00. The second kappa shape index (κ2) is 9.86. The van der Waals surface area contributed by atoms with Gasteiger partial charge in [0, 0.05) is 30.8 Å². The van der Waals surface area contributed by atoms with E-state index in [0.29, 0.717) is 41.4 Å². The highest BCUT2D eigenvalue weighted by molar-refractivity contribution is 7.89. The van der Waals surface area contributed by atoms with Crippen molar-refractivity contribution in [3.63, 3.8) is 0 Å². The Morgan fingerprint density at radius 2 is 1.76 bits per heavy atom. The molecular formula is C24H26N2O7S. The molecule has 0 radical (unpaired) electrons. The number of hydrogen-bond acceptors (Lipinski definition) is 7. The summed E-state index contributed by atoms with van der Waals surface area (Å²) in [5.41, 5.74) is 1.11. The van der Waals surface area contributed by atoms with Crippen LogP contribution in [0.1, 0.15) is 42.1 Å². The van der Waals surface area contributed by atoms with Crippen LogP contribution in [0.25, 0.3) is 6.08 Å². The van der Waals surface area contributed by atoms with Crippen LogP contribution in [0.4, 0.5) is 5.69 Å². The summed E-state index contributed by atoms with van der Waals surface area (Å²) in [6.07, 6.45) is 5.43. The van der Waals surface area contributed by atoms with Crippen molar-refractivity contribution in [2.24, 2.45) is 0 Å². The number of hydrogen-bond donors (Lipinski definition) is 1. The molecule has 4 rings (SSSR count). The lowest BCUT2D eigenvalue weighted by Crippen LogP contribution is -2.35. The fraction of sp³-hybridized carbons (Fsp3) is 0.333. The number of rotatable bonds is 7. The van der Waals surface area contributed by atoms with E-state index in [1.54, 1.807) is 18.2 Å². The quantitative estimate of drug-likeness (QED) is 0.471. The summed E-state index contributed by atoms with van der Waals surface area (Å²) in [6, 6.07) is 7.81. The maximum Gasteiger partial charge on any atom is 0.248 e. The van der Waals surface area contributed by atoms with E-state index in [4.69, 9.17) is 14.2 Å². The van der Waals surface area contributed by atoms with Crippen molar-refractivity contribution in [2.45, 2.75) is 31.1 Å². The molecule has 1 amide bonds. The summed E-state index contributed by atoms with van der Waals surface area (Å²) in [5, 5.41) is 2.68. The number of anilines is 1. The molecule has 9 nitrogen and oxygen atoms in total. The van der Waals surface area contributed by atoms with Crippen molar-refractivity contribution in [1.29, 1.82) is 0 Å². The van der Waals surface area contributed by atoms with E-state index < -0.39 is 15.9 Å². The normalized spacial score (nSPS) is 15.9. The minimum atomic E-state index is -3.72. The van der Waals surface area contributed by atoms with E-state index in [-0.39, 0.29) is 23.2 Å². The monoisotopic (exact) mass is 486 g/mol. The average Bonchev–Trinajstić information content (AvgIpc) is 3.30. The lowest BCUT2D eigenvalue weighted by atomic mass is 10.1. The number of nitrogens with zero attached hydrogens (tertiary/aromatic N) is 1. The third kappa shape index (κ3) is 4.92. The van der Waals surface area contributed by atoms with Crippen LogP contribution >= 0.6 is 0 Å². The minimum absolute atomic E-state index is 0.0458. The van der Waals surface area contributed by atoms with Gasteiger partial charge in [0.2, 0.25) is 22.7 Å². The average molecular weight is 487 g/mol. The molecule has 1 N–H and O–H groups in total. The van der Waals surface area contributed by atoms with Crippen LogP contribution in [-0.4, -0.2) is 51.4 Å². The van der Waals surface area contributed by atoms with Crippen LogP contribution in [0.5, 0.6) is 17.2 Å². The van der Waals surface area contributed by atoms with Crippen molar-refractivity contribution in [3.8, 4) is 17.2 Å². The van der Waals surface area contributed by atoms with Crippen LogP contribution in [0, 0.1) is 0 Å². The maximum absolute atomic E-state index is 13.2. The number of carbonyl (C=O) groups is 2. The van der Waals surface area contributed by atoms with Crippen molar-refractivity contribution in [1.82, 2.24) is 4.31 Å². The van der Waals surface area contributed by atoms with E-state index in [2.05, 4.69) is 5.32 Å². The zero-order chi connectivity index (χ0) is 24.3. The Morgan fingerprint density at radius 3 is 2.44 bits per heavy atom. The molecule has 2 heterocycles. The van der Waals surface area contributed by atoms with Gasteiger partial charge in [0.25, 0.3) is 0 Å². The number of benzene rings is 2. The smallest absolute Gasteiger partial charge is 0.248 e. The number of fused-ring (bicyclic) bond motifs is 1. The molecule has 0 spiro atoms. The van der Waals surface area contributed by atoms with Gasteiger partial charge in [0.05, 0.1) is 12.8 Å². The van der Waals surface area contributed by atoms with E-state index in [1.807, 2.05) is 0 Å². The number of carbonyl (C=O) groups excluding carboxylic acids is 2. The Hall–Kier alpha value is -3.37. The molecule has 0 unspecified atom stereocenters. The first kappa shape index (κ1) is 23.8. The molecule has 2 aliphatic heterocycles. The minimum Gasteiger partial charge on any atom is -0.495 e. The summed E-state index contributed by atoms with van der Waals surface area (Å²) >= 11 is 0. The molecule has 1 fully saturated rings. The molecule has 10 heteroatoms. The first-order chi connectivity index (χ1) is 16.3. The van der Waals surface area contributed by atoms with Gasteiger partial charge in [0.1, 0.15) is 10.6 Å². The summed E-state index contributed by atoms with van der Waals surface area (Å²) in [5.74, 6) is 0.406. The van der Waals surface area contributed by atoms with Crippen molar-refractivity contribution >= 4 is 33.5 Å². The summed E-state index contributed by atoms with van der Waals surface area (Å²) in [6.45, 7) is 2.39. The van der Waals surface area contributed by atoms with Gasteiger partial charge in [-0.3, -0.25) is 9.59 Å². The molecule has 1 saturated heterocycles. The standard InChI is InChI=1S/C24H26N2O7S/c1-16(27)18-13-21-22(33-15-32-21)14-19(18)25-24(28)9-7-17-6-8-20(31-2)23(12-17)34(29,30)26-10-4-3-5-11-26/h6-9,12-14H,3-5,10-11,15H2,1-2H3,(H,25,28)/b9-7+. The van der Waals surface area contributed by atoms with E-state index >= 15 is 0 Å². The van der Waals surface area contributed by atoms with Gasteiger partial charge < -0.3 is 19.5 Å². The molecule has 2 aromatic carbocycles. The predicted molar refractivity (Wildman–Crippen MR) is 126 cm³/mol. The van der Waals surface area contributed by atoms with Crippen molar-refractivity contribution in [3.05, 3.63) is 47.5 Å². The fourth-order valence-electron chi connectivity index (χ4n) is 3.93. The highest BCUT2D eigenvalue weighted by Gasteiger charge is 2.29. The van der Waals surface area contributed by atoms with Gasteiger partial charge in [-0.15, -0.1) is 0 Å². The van der Waals surface area contributed by atoms with Crippen LogP contribution < -0.4 is 19.5 Å². The number of ether oxygens (including phenoxy) is 3. The number of nitrogens with one attached hydrogen (secondary N) is 1. The summed E-state index contributed by atoms with van der Waals surface area (Å²) < 4.78 is 43.7. The molecule has 2 aliphatic rings. The number of piperidine rings is 1. The molecule has 34 heavy (non-hydrogen) atoms. The third-order valence-electron chi connectivity index (χ3n) is 5.70. The van der Waals surface area contributed by atoms with Crippen LogP contribution in [0.3, 0.4) is 0 Å². The molecule has 0 atom stereocenters. The first-order valence-electron chi connectivity index (χ1n) is 10.9. The molecule has 0 saturated carbocycles. The fourth-order valence-corrected chi connectivity index (χ4v) is 5.63. The molecule has 0 aliphatic carbocycles. The predicted octanol–water partition coefficient (Wildman–Crippen LogP) is 3.45. The molecule has 2 aromatic rings. The number of Topliss-reactive ketones (excluding diaryl/α,β-unsaturated/α-hetero) is 1. The Bertz CT molecular complexity index is 1250. The molecular weight excluding hydrogens is 460 g/mol.